The molecule has 0 radical (unpaired) electrons. The number of fused-ring (bicyclic) bond motifs is 3. The van der Waals surface area contributed by atoms with E-state index in [2.05, 4.69) is 15.2 Å². The Morgan fingerprint density at radius 1 is 1.11 bits per heavy atom. The second-order valence-electron chi connectivity index (χ2n) is 6.62. The standard InChI is InChI=1S/C18H17N5O3S2/c1-12-2-4-13(5-3-12)28(24,25)18-17-19-16(22-7-9-26-10-8-22)15-14(6-11-27-15)23(17)21-20-18/h2-6,11H,7-10H2,1H3. The second kappa shape index (κ2) is 6.50. The van der Waals surface area contributed by atoms with Gasteiger partial charge in [0.2, 0.25) is 14.9 Å². The highest BCUT2D eigenvalue weighted by Gasteiger charge is 2.28. The zero-order chi connectivity index (χ0) is 19.3. The van der Waals surface area contributed by atoms with E-state index in [1.54, 1.807) is 35.6 Å². The first-order valence-corrected chi connectivity index (χ1v) is 11.2. The normalized spacial score (nSPS) is 15.5. The van der Waals surface area contributed by atoms with Crippen LogP contribution < -0.4 is 4.90 Å². The Hall–Kier alpha value is -2.56. The lowest BCUT2D eigenvalue weighted by Gasteiger charge is -2.28. The van der Waals surface area contributed by atoms with Gasteiger partial charge in [0.05, 0.1) is 28.3 Å². The van der Waals surface area contributed by atoms with Gasteiger partial charge in [0.25, 0.3) is 0 Å². The fourth-order valence-corrected chi connectivity index (χ4v) is 5.42. The number of anilines is 1. The number of ether oxygens (including phenoxy) is 1. The molecule has 0 unspecified atom stereocenters. The molecule has 28 heavy (non-hydrogen) atoms. The maximum atomic E-state index is 13.2. The minimum atomic E-state index is -3.83. The highest BCUT2D eigenvalue weighted by Crippen LogP contribution is 2.33. The molecule has 10 heteroatoms. The van der Waals surface area contributed by atoms with Gasteiger partial charge in [0.15, 0.2) is 11.5 Å². The van der Waals surface area contributed by atoms with Gasteiger partial charge in [-0.25, -0.2) is 13.4 Å². The minimum absolute atomic E-state index is 0.126. The average molecular weight is 416 g/mol. The number of benzene rings is 1. The Labute approximate surface area is 165 Å². The lowest BCUT2D eigenvalue weighted by molar-refractivity contribution is 0.122. The van der Waals surface area contributed by atoms with Gasteiger partial charge in [0, 0.05) is 13.1 Å². The summed E-state index contributed by atoms with van der Waals surface area (Å²) in [6.07, 6.45) is 0. The molecule has 0 atom stereocenters. The maximum absolute atomic E-state index is 13.2. The van der Waals surface area contributed by atoms with Gasteiger partial charge in [-0.15, -0.1) is 16.4 Å². The number of aryl methyl sites for hydroxylation is 1. The van der Waals surface area contributed by atoms with Crippen LogP contribution in [0.5, 0.6) is 0 Å². The van der Waals surface area contributed by atoms with Crippen LogP contribution in [0.4, 0.5) is 5.82 Å². The predicted octanol–water partition coefficient (Wildman–Crippen LogP) is 2.32. The molecule has 4 heterocycles. The summed E-state index contributed by atoms with van der Waals surface area (Å²) in [5, 5.41) is 9.93. The molecular formula is C18H17N5O3S2. The van der Waals surface area contributed by atoms with E-state index in [4.69, 9.17) is 9.72 Å². The van der Waals surface area contributed by atoms with Crippen molar-refractivity contribution in [3.8, 4) is 0 Å². The Balaban J connectivity index is 1.74. The molecule has 0 aliphatic carbocycles. The van der Waals surface area contributed by atoms with Crippen molar-refractivity contribution in [1.29, 1.82) is 0 Å². The summed E-state index contributed by atoms with van der Waals surface area (Å²) in [6.45, 7) is 4.56. The fraction of sp³-hybridized carbons (Fsp3) is 0.278. The van der Waals surface area contributed by atoms with Crippen molar-refractivity contribution < 1.29 is 13.2 Å². The topological polar surface area (TPSA) is 89.7 Å². The predicted molar refractivity (Wildman–Crippen MR) is 106 cm³/mol. The average Bonchev–Trinajstić information content (AvgIpc) is 3.35. The summed E-state index contributed by atoms with van der Waals surface area (Å²) in [5.41, 5.74) is 2.03. The van der Waals surface area contributed by atoms with E-state index in [0.717, 1.165) is 21.6 Å². The van der Waals surface area contributed by atoms with Crippen LogP contribution in [0.3, 0.4) is 0 Å². The third kappa shape index (κ3) is 2.67. The Morgan fingerprint density at radius 2 is 1.86 bits per heavy atom. The van der Waals surface area contributed by atoms with E-state index < -0.39 is 9.84 Å². The van der Waals surface area contributed by atoms with Crippen LogP contribution in [0.15, 0.2) is 45.6 Å². The lowest BCUT2D eigenvalue weighted by atomic mass is 10.2. The van der Waals surface area contributed by atoms with E-state index in [-0.39, 0.29) is 15.6 Å². The first kappa shape index (κ1) is 17.5. The molecule has 0 N–H and O–H groups in total. The molecule has 1 aliphatic rings. The summed E-state index contributed by atoms with van der Waals surface area (Å²) < 4.78 is 34.3. The van der Waals surface area contributed by atoms with Gasteiger partial charge >= 0.3 is 0 Å². The molecule has 0 amide bonds. The number of rotatable bonds is 3. The molecule has 0 bridgehead atoms. The van der Waals surface area contributed by atoms with E-state index in [9.17, 15) is 8.42 Å². The smallest absolute Gasteiger partial charge is 0.229 e. The third-order valence-electron chi connectivity index (χ3n) is 4.80. The van der Waals surface area contributed by atoms with Gasteiger partial charge in [-0.1, -0.05) is 22.9 Å². The molecule has 0 saturated carbocycles. The van der Waals surface area contributed by atoms with Crippen molar-refractivity contribution in [2.45, 2.75) is 16.8 Å². The van der Waals surface area contributed by atoms with Crippen LogP contribution in [0, 0.1) is 6.92 Å². The van der Waals surface area contributed by atoms with Crippen LogP contribution in [0.1, 0.15) is 5.56 Å². The maximum Gasteiger partial charge on any atom is 0.229 e. The molecule has 1 aliphatic heterocycles. The molecule has 3 aromatic heterocycles. The van der Waals surface area contributed by atoms with Gasteiger partial charge in [-0.2, -0.15) is 4.52 Å². The number of nitrogens with zero attached hydrogens (tertiary/aromatic N) is 5. The fourth-order valence-electron chi connectivity index (χ4n) is 3.30. The number of hydrogen-bond donors (Lipinski definition) is 0. The molecule has 5 rings (SSSR count). The van der Waals surface area contributed by atoms with Gasteiger partial charge in [-0.3, -0.25) is 0 Å². The van der Waals surface area contributed by atoms with Gasteiger partial charge < -0.3 is 9.64 Å². The number of morpholine rings is 1. The van der Waals surface area contributed by atoms with Crippen molar-refractivity contribution in [1.82, 2.24) is 19.8 Å². The molecule has 4 aromatic rings. The van der Waals surface area contributed by atoms with Crippen molar-refractivity contribution in [3.63, 3.8) is 0 Å². The first-order chi connectivity index (χ1) is 13.6. The highest BCUT2D eigenvalue weighted by molar-refractivity contribution is 7.91. The summed E-state index contributed by atoms with van der Waals surface area (Å²) in [5.74, 6) is 0.753. The number of hydrogen-bond acceptors (Lipinski definition) is 8. The SMILES string of the molecule is Cc1ccc(S(=O)(=O)c2nnn3c2nc(N2CCOCC2)c2sccc23)cc1. The van der Waals surface area contributed by atoms with Crippen LogP contribution >= 0.6 is 11.3 Å². The van der Waals surface area contributed by atoms with Crippen LogP contribution in [-0.4, -0.2) is 54.5 Å². The molecule has 1 fully saturated rings. The Morgan fingerprint density at radius 3 is 2.61 bits per heavy atom. The first-order valence-electron chi connectivity index (χ1n) is 8.83. The zero-order valence-corrected chi connectivity index (χ0v) is 16.7. The molecule has 1 saturated heterocycles. The molecule has 0 spiro atoms. The van der Waals surface area contributed by atoms with E-state index >= 15 is 0 Å². The van der Waals surface area contributed by atoms with E-state index in [1.165, 1.54) is 4.52 Å². The molecular weight excluding hydrogens is 398 g/mol. The summed E-state index contributed by atoms with van der Waals surface area (Å²) in [6, 6.07) is 8.61. The second-order valence-corrected chi connectivity index (χ2v) is 9.40. The molecule has 144 valence electrons. The Kier molecular flexibility index (Phi) is 4.07. The van der Waals surface area contributed by atoms with Crippen molar-refractivity contribution in [2.75, 3.05) is 31.2 Å². The van der Waals surface area contributed by atoms with Crippen molar-refractivity contribution >= 4 is 42.9 Å². The van der Waals surface area contributed by atoms with Crippen molar-refractivity contribution in [3.05, 3.63) is 41.3 Å². The minimum Gasteiger partial charge on any atom is -0.378 e. The Bertz CT molecular complexity index is 1270. The highest BCUT2D eigenvalue weighted by atomic mass is 32.2. The summed E-state index contributed by atoms with van der Waals surface area (Å²) in [7, 11) is -3.83. The van der Waals surface area contributed by atoms with E-state index in [1.807, 2.05) is 18.4 Å². The summed E-state index contributed by atoms with van der Waals surface area (Å²) in [4.78, 5) is 7.01. The van der Waals surface area contributed by atoms with Crippen molar-refractivity contribution in [2.24, 2.45) is 0 Å². The third-order valence-corrected chi connectivity index (χ3v) is 7.37. The summed E-state index contributed by atoms with van der Waals surface area (Å²) >= 11 is 1.55. The monoisotopic (exact) mass is 415 g/mol. The number of aromatic nitrogens is 4. The quantitative estimate of drug-likeness (QED) is 0.507. The molecule has 1 aromatic carbocycles. The van der Waals surface area contributed by atoms with Gasteiger partial charge in [0.1, 0.15) is 0 Å². The van der Waals surface area contributed by atoms with Crippen LogP contribution in [0.25, 0.3) is 15.9 Å². The van der Waals surface area contributed by atoms with Crippen LogP contribution in [0.2, 0.25) is 0 Å². The molecule has 8 nitrogen and oxygen atoms in total. The van der Waals surface area contributed by atoms with E-state index in [0.29, 0.717) is 26.3 Å². The van der Waals surface area contributed by atoms with Gasteiger partial charge in [-0.05, 0) is 30.5 Å². The lowest BCUT2D eigenvalue weighted by Crippen LogP contribution is -2.36. The zero-order valence-electron chi connectivity index (χ0n) is 15.1. The number of thiophene rings is 1. The largest absolute Gasteiger partial charge is 0.378 e. The number of sulfone groups is 1. The van der Waals surface area contributed by atoms with Crippen LogP contribution in [-0.2, 0) is 14.6 Å².